The van der Waals surface area contributed by atoms with Gasteiger partial charge in [0.1, 0.15) is 6.10 Å². The Morgan fingerprint density at radius 2 is 2.25 bits per heavy atom. The zero-order chi connectivity index (χ0) is 14.7. The van der Waals surface area contributed by atoms with Crippen molar-refractivity contribution in [1.82, 2.24) is 0 Å². The molecule has 0 saturated carbocycles. The lowest BCUT2D eigenvalue weighted by Crippen LogP contribution is -2.30. The summed E-state index contributed by atoms with van der Waals surface area (Å²) in [5.41, 5.74) is 7.14. The lowest BCUT2D eigenvalue weighted by atomic mass is 10.2. The van der Waals surface area contributed by atoms with E-state index in [1.807, 2.05) is 25.1 Å². The molecule has 1 fully saturated rings. The first-order chi connectivity index (χ1) is 9.51. The van der Waals surface area contributed by atoms with Gasteiger partial charge >= 0.3 is 0 Å². The fourth-order valence-corrected chi connectivity index (χ4v) is 2.46. The van der Waals surface area contributed by atoms with Crippen LogP contribution < -0.4 is 16.0 Å². The summed E-state index contributed by atoms with van der Waals surface area (Å²) >= 11 is 5.99. The number of anilines is 2. The molecule has 2 rings (SSSR count). The Hall–Kier alpha value is -1.30. The summed E-state index contributed by atoms with van der Waals surface area (Å²) in [6.07, 6.45) is 1.08. The zero-order valence-corrected chi connectivity index (χ0v) is 12.5. The molecule has 6 heteroatoms. The number of carbonyl (C=O) groups excluding carboxylic acids is 1. The predicted molar refractivity (Wildman–Crippen MR) is 81.4 cm³/mol. The molecule has 3 N–H and O–H groups in total. The molecular weight excluding hydrogens is 278 g/mol. The number of halogens is 1. The molecule has 1 aliphatic rings. The summed E-state index contributed by atoms with van der Waals surface area (Å²) in [4.78, 5) is 14.1. The summed E-state index contributed by atoms with van der Waals surface area (Å²) in [6.45, 7) is 0.448. The van der Waals surface area contributed by atoms with Gasteiger partial charge in [0.25, 0.3) is 5.91 Å². The molecule has 20 heavy (non-hydrogen) atoms. The molecular formula is C14H20ClN3O2. The van der Waals surface area contributed by atoms with Gasteiger partial charge in [-0.3, -0.25) is 4.79 Å². The van der Waals surface area contributed by atoms with Gasteiger partial charge in [-0.05, 0) is 31.0 Å². The largest absolute Gasteiger partial charge is 0.376 e. The second kappa shape index (κ2) is 6.43. The number of benzene rings is 1. The minimum Gasteiger partial charge on any atom is -0.376 e. The molecule has 0 spiro atoms. The van der Waals surface area contributed by atoms with E-state index in [1.54, 1.807) is 12.1 Å². The number of hydrogen-bond donors (Lipinski definition) is 2. The van der Waals surface area contributed by atoms with Crippen LogP contribution in [0.25, 0.3) is 0 Å². The number of nitrogens with two attached hydrogens (primary N) is 1. The van der Waals surface area contributed by atoms with E-state index in [-0.39, 0.29) is 12.0 Å². The number of rotatable bonds is 4. The van der Waals surface area contributed by atoms with Crippen molar-refractivity contribution in [2.24, 2.45) is 5.73 Å². The van der Waals surface area contributed by atoms with Crippen molar-refractivity contribution >= 4 is 28.9 Å². The van der Waals surface area contributed by atoms with Crippen LogP contribution in [0.4, 0.5) is 11.4 Å². The van der Waals surface area contributed by atoms with Crippen LogP contribution in [-0.4, -0.2) is 38.8 Å². The van der Waals surface area contributed by atoms with Crippen LogP contribution in [0.5, 0.6) is 0 Å². The molecule has 5 nitrogen and oxygen atoms in total. The molecule has 2 atom stereocenters. The fourth-order valence-electron chi connectivity index (χ4n) is 2.28. The number of ether oxygens (including phenoxy) is 1. The van der Waals surface area contributed by atoms with Gasteiger partial charge in [-0.1, -0.05) is 11.6 Å². The van der Waals surface area contributed by atoms with E-state index < -0.39 is 6.10 Å². The Kier molecular flexibility index (Phi) is 4.86. The monoisotopic (exact) mass is 297 g/mol. The van der Waals surface area contributed by atoms with Crippen LogP contribution in [0.2, 0.25) is 5.02 Å². The third kappa shape index (κ3) is 3.42. The molecule has 1 amide bonds. The predicted octanol–water partition coefficient (Wildman–Crippen LogP) is 1.85. The number of carbonyl (C=O) groups is 1. The maximum atomic E-state index is 12.2. The third-order valence-electron chi connectivity index (χ3n) is 3.36. The van der Waals surface area contributed by atoms with Gasteiger partial charge in [0.2, 0.25) is 0 Å². The van der Waals surface area contributed by atoms with E-state index in [1.165, 1.54) is 0 Å². The van der Waals surface area contributed by atoms with Crippen molar-refractivity contribution in [3.05, 3.63) is 23.2 Å². The van der Waals surface area contributed by atoms with Crippen molar-refractivity contribution in [2.45, 2.75) is 25.0 Å². The molecule has 0 aromatic heterocycles. The minimum atomic E-state index is -0.433. The van der Waals surface area contributed by atoms with Crippen LogP contribution >= 0.6 is 11.6 Å². The second-order valence-electron chi connectivity index (χ2n) is 5.10. The van der Waals surface area contributed by atoms with Crippen molar-refractivity contribution in [1.29, 1.82) is 0 Å². The number of nitrogens with one attached hydrogen (secondary N) is 1. The second-order valence-corrected chi connectivity index (χ2v) is 5.54. The highest BCUT2D eigenvalue weighted by molar-refractivity contribution is 6.31. The number of hydrogen-bond acceptors (Lipinski definition) is 4. The highest BCUT2D eigenvalue weighted by Crippen LogP contribution is 2.29. The van der Waals surface area contributed by atoms with E-state index in [4.69, 9.17) is 22.1 Å². The van der Waals surface area contributed by atoms with Crippen molar-refractivity contribution in [3.8, 4) is 0 Å². The molecule has 1 aromatic carbocycles. The van der Waals surface area contributed by atoms with Gasteiger partial charge in [-0.2, -0.15) is 0 Å². The van der Waals surface area contributed by atoms with Gasteiger partial charge < -0.3 is 20.7 Å². The smallest absolute Gasteiger partial charge is 0.253 e. The summed E-state index contributed by atoms with van der Waals surface area (Å²) in [5.74, 6) is -0.147. The van der Waals surface area contributed by atoms with Crippen molar-refractivity contribution < 1.29 is 9.53 Å². The molecule has 110 valence electrons. The van der Waals surface area contributed by atoms with E-state index >= 15 is 0 Å². The van der Waals surface area contributed by atoms with Crippen LogP contribution in [0.1, 0.15) is 12.8 Å². The average Bonchev–Trinajstić information content (AvgIpc) is 2.87. The first kappa shape index (κ1) is 15.1. The highest BCUT2D eigenvalue weighted by atomic mass is 35.5. The SMILES string of the molecule is CN(C)c1ccc(Cl)cc1NC(=O)C1CCC(CN)O1. The number of amides is 1. The Bertz CT molecular complexity index is 493. The van der Waals surface area contributed by atoms with Crippen LogP contribution in [0.15, 0.2) is 18.2 Å². The molecule has 0 aliphatic carbocycles. The Balaban J connectivity index is 2.09. The van der Waals surface area contributed by atoms with Crippen LogP contribution in [0, 0.1) is 0 Å². The third-order valence-corrected chi connectivity index (χ3v) is 3.60. The molecule has 1 aromatic rings. The van der Waals surface area contributed by atoms with E-state index in [2.05, 4.69) is 5.32 Å². The lowest BCUT2D eigenvalue weighted by molar-refractivity contribution is -0.126. The van der Waals surface area contributed by atoms with E-state index in [9.17, 15) is 4.79 Å². The van der Waals surface area contributed by atoms with Gasteiger partial charge in [0, 0.05) is 25.7 Å². The first-order valence-electron chi connectivity index (χ1n) is 6.64. The molecule has 1 saturated heterocycles. The van der Waals surface area contributed by atoms with Crippen LogP contribution in [-0.2, 0) is 9.53 Å². The first-order valence-corrected chi connectivity index (χ1v) is 7.02. The Labute approximate surface area is 124 Å². The summed E-state index contributed by atoms with van der Waals surface area (Å²) in [6, 6.07) is 5.41. The van der Waals surface area contributed by atoms with Gasteiger partial charge in [-0.15, -0.1) is 0 Å². The topological polar surface area (TPSA) is 67.6 Å². The quantitative estimate of drug-likeness (QED) is 0.890. The maximum absolute atomic E-state index is 12.2. The minimum absolute atomic E-state index is 0.0153. The summed E-state index contributed by atoms with van der Waals surface area (Å²) < 4.78 is 5.59. The number of nitrogens with zero attached hydrogens (tertiary/aromatic N) is 1. The normalized spacial score (nSPS) is 21.8. The molecule has 1 aliphatic heterocycles. The Morgan fingerprint density at radius 3 is 2.85 bits per heavy atom. The lowest BCUT2D eigenvalue weighted by Gasteiger charge is -2.19. The van der Waals surface area contributed by atoms with Gasteiger partial charge in [-0.25, -0.2) is 0 Å². The molecule has 1 heterocycles. The zero-order valence-electron chi connectivity index (χ0n) is 11.7. The average molecular weight is 298 g/mol. The maximum Gasteiger partial charge on any atom is 0.253 e. The van der Waals surface area contributed by atoms with E-state index in [0.29, 0.717) is 23.7 Å². The summed E-state index contributed by atoms with van der Waals surface area (Å²) in [7, 11) is 3.82. The van der Waals surface area contributed by atoms with Gasteiger partial charge in [0.05, 0.1) is 17.5 Å². The fraction of sp³-hybridized carbons (Fsp3) is 0.500. The molecule has 0 bridgehead atoms. The van der Waals surface area contributed by atoms with E-state index in [0.717, 1.165) is 12.1 Å². The van der Waals surface area contributed by atoms with Gasteiger partial charge in [0.15, 0.2) is 0 Å². The highest BCUT2D eigenvalue weighted by Gasteiger charge is 2.30. The summed E-state index contributed by atoms with van der Waals surface area (Å²) in [5, 5.41) is 3.47. The van der Waals surface area contributed by atoms with Crippen molar-refractivity contribution in [2.75, 3.05) is 30.9 Å². The standard InChI is InChI=1S/C14H20ClN3O2/c1-18(2)12-5-3-9(15)7-11(12)17-14(19)13-6-4-10(8-16)20-13/h3,5,7,10,13H,4,6,8,16H2,1-2H3,(H,17,19). The van der Waals surface area contributed by atoms with Crippen molar-refractivity contribution in [3.63, 3.8) is 0 Å². The molecule has 0 radical (unpaired) electrons. The Morgan fingerprint density at radius 1 is 1.50 bits per heavy atom. The molecule has 2 unspecified atom stereocenters. The van der Waals surface area contributed by atoms with Crippen LogP contribution in [0.3, 0.4) is 0 Å².